The molecule has 0 radical (unpaired) electrons. The Labute approximate surface area is 134 Å². The zero-order chi connectivity index (χ0) is 16.8. The van der Waals surface area contributed by atoms with E-state index in [9.17, 15) is 9.59 Å². The highest BCUT2D eigenvalue weighted by Gasteiger charge is 2.17. The van der Waals surface area contributed by atoms with Crippen LogP contribution in [0.1, 0.15) is 39.5 Å². The Bertz CT molecular complexity index is 752. The van der Waals surface area contributed by atoms with Crippen LogP contribution in [-0.4, -0.2) is 17.6 Å². The Morgan fingerprint density at radius 1 is 1.22 bits per heavy atom. The van der Waals surface area contributed by atoms with E-state index < -0.39 is 11.5 Å². The molecule has 0 saturated heterocycles. The average molecular weight is 318 g/mol. The fraction of sp³-hybridized carbons (Fsp3) is 0.412. The van der Waals surface area contributed by atoms with Crippen LogP contribution in [0.15, 0.2) is 23.0 Å². The topological polar surface area (TPSA) is 94.4 Å². The Morgan fingerprint density at radius 2 is 2.00 bits per heavy atom. The van der Waals surface area contributed by atoms with Crippen molar-refractivity contribution in [1.82, 2.24) is 4.98 Å². The Balaban J connectivity index is 2.39. The zero-order valence-corrected chi connectivity index (χ0v) is 13.5. The molecule has 0 aliphatic heterocycles. The van der Waals surface area contributed by atoms with Crippen molar-refractivity contribution in [1.29, 1.82) is 0 Å². The second-order valence-electron chi connectivity index (χ2n) is 5.42. The van der Waals surface area contributed by atoms with Crippen LogP contribution in [-0.2, 0) is 4.79 Å². The summed E-state index contributed by atoms with van der Waals surface area (Å²) in [5, 5.41) is 0.658. The lowest BCUT2D eigenvalue weighted by atomic mass is 10.1. The summed E-state index contributed by atoms with van der Waals surface area (Å²) in [5.74, 6) is -0.387. The van der Waals surface area contributed by atoms with Crippen LogP contribution in [0.2, 0.25) is 0 Å². The van der Waals surface area contributed by atoms with E-state index in [0.717, 1.165) is 25.7 Å². The first-order chi connectivity index (χ1) is 11.0. The van der Waals surface area contributed by atoms with Gasteiger partial charge in [-0.15, -0.1) is 0 Å². The number of carbonyl (C=O) groups is 1. The van der Waals surface area contributed by atoms with Crippen molar-refractivity contribution in [2.75, 3.05) is 12.3 Å². The number of esters is 1. The molecule has 2 aromatic rings. The fourth-order valence-corrected chi connectivity index (χ4v) is 2.35. The van der Waals surface area contributed by atoms with Gasteiger partial charge >= 0.3 is 5.97 Å². The van der Waals surface area contributed by atoms with Crippen LogP contribution >= 0.6 is 0 Å². The van der Waals surface area contributed by atoms with Crippen LogP contribution in [0, 0.1) is 0 Å². The lowest BCUT2D eigenvalue weighted by Gasteiger charge is -2.13. The molecule has 1 heterocycles. The molecule has 0 atom stereocenters. The van der Waals surface area contributed by atoms with E-state index >= 15 is 0 Å². The molecule has 0 bridgehead atoms. The number of unbranched alkanes of at least 4 members (excludes halogenated alkanes) is 3. The SMILES string of the molecule is CCCCCCOc1c(OC(C)=O)c(=O)[nH]c2cc(N)ccc12. The summed E-state index contributed by atoms with van der Waals surface area (Å²) in [5.41, 5.74) is 6.32. The minimum absolute atomic E-state index is 0.106. The van der Waals surface area contributed by atoms with Crippen LogP contribution in [0.3, 0.4) is 0 Å². The molecule has 1 aromatic carbocycles. The van der Waals surface area contributed by atoms with E-state index in [1.54, 1.807) is 18.2 Å². The van der Waals surface area contributed by atoms with Crippen LogP contribution in [0.25, 0.3) is 10.9 Å². The Kier molecular flexibility index (Phi) is 5.62. The summed E-state index contributed by atoms with van der Waals surface area (Å²) >= 11 is 0. The molecule has 0 amide bonds. The maximum Gasteiger partial charge on any atom is 0.308 e. The highest BCUT2D eigenvalue weighted by Crippen LogP contribution is 2.32. The van der Waals surface area contributed by atoms with Gasteiger partial charge in [0.25, 0.3) is 5.56 Å². The molecular weight excluding hydrogens is 296 g/mol. The van der Waals surface area contributed by atoms with Gasteiger partial charge in [-0.25, -0.2) is 0 Å². The maximum atomic E-state index is 12.2. The number of rotatable bonds is 7. The largest absolute Gasteiger partial charge is 0.489 e. The van der Waals surface area contributed by atoms with Crippen molar-refractivity contribution in [2.24, 2.45) is 0 Å². The summed E-state index contributed by atoms with van der Waals surface area (Å²) in [4.78, 5) is 26.1. The van der Waals surface area contributed by atoms with Gasteiger partial charge in [0.2, 0.25) is 5.75 Å². The number of aromatic nitrogens is 1. The third kappa shape index (κ3) is 4.25. The smallest absolute Gasteiger partial charge is 0.308 e. The highest BCUT2D eigenvalue weighted by molar-refractivity contribution is 5.90. The number of fused-ring (bicyclic) bond motifs is 1. The average Bonchev–Trinajstić information content (AvgIpc) is 2.49. The van der Waals surface area contributed by atoms with E-state index in [2.05, 4.69) is 11.9 Å². The maximum absolute atomic E-state index is 12.2. The third-order valence-corrected chi connectivity index (χ3v) is 3.44. The van der Waals surface area contributed by atoms with Gasteiger partial charge in [-0.05, 0) is 24.6 Å². The number of anilines is 1. The second kappa shape index (κ2) is 7.67. The monoisotopic (exact) mass is 318 g/mol. The van der Waals surface area contributed by atoms with Crippen molar-refractivity contribution in [3.8, 4) is 11.5 Å². The van der Waals surface area contributed by atoms with Gasteiger partial charge in [0.05, 0.1) is 12.1 Å². The molecule has 0 unspecified atom stereocenters. The number of nitrogens with one attached hydrogen (secondary N) is 1. The van der Waals surface area contributed by atoms with Gasteiger partial charge in [-0.3, -0.25) is 9.59 Å². The van der Waals surface area contributed by atoms with Crippen molar-refractivity contribution in [3.05, 3.63) is 28.6 Å². The van der Waals surface area contributed by atoms with E-state index in [4.69, 9.17) is 15.2 Å². The second-order valence-corrected chi connectivity index (χ2v) is 5.42. The Hall–Kier alpha value is -2.50. The molecule has 3 N–H and O–H groups in total. The molecule has 0 spiro atoms. The summed E-state index contributed by atoms with van der Waals surface area (Å²) in [6.45, 7) is 3.84. The molecule has 124 valence electrons. The zero-order valence-electron chi connectivity index (χ0n) is 13.5. The van der Waals surface area contributed by atoms with Gasteiger partial charge in [0, 0.05) is 18.0 Å². The van der Waals surface area contributed by atoms with Crippen molar-refractivity contribution in [2.45, 2.75) is 39.5 Å². The molecule has 0 fully saturated rings. The number of hydrogen-bond acceptors (Lipinski definition) is 5. The molecule has 0 aliphatic rings. The molecule has 2 rings (SSSR count). The quantitative estimate of drug-likeness (QED) is 0.465. The molecule has 6 nitrogen and oxygen atoms in total. The summed E-state index contributed by atoms with van der Waals surface area (Å²) < 4.78 is 10.8. The summed E-state index contributed by atoms with van der Waals surface area (Å²) in [7, 11) is 0. The standard InChI is InChI=1S/C17H22N2O4/c1-3-4-5-6-9-22-15-13-8-7-12(18)10-14(13)19-17(21)16(15)23-11(2)20/h7-8,10H,3-6,9,18H2,1-2H3,(H,19,21). The van der Waals surface area contributed by atoms with E-state index in [1.165, 1.54) is 6.92 Å². The molecule has 6 heteroatoms. The third-order valence-electron chi connectivity index (χ3n) is 3.44. The summed E-state index contributed by atoms with van der Waals surface area (Å²) in [6, 6.07) is 5.11. The lowest BCUT2D eigenvalue weighted by molar-refractivity contribution is -0.132. The minimum atomic E-state index is -0.568. The van der Waals surface area contributed by atoms with E-state index in [-0.39, 0.29) is 11.5 Å². The molecule has 23 heavy (non-hydrogen) atoms. The number of hydrogen-bond donors (Lipinski definition) is 2. The van der Waals surface area contributed by atoms with Crippen molar-refractivity contribution < 1.29 is 14.3 Å². The predicted octanol–water partition coefficient (Wildman–Crippen LogP) is 2.99. The predicted molar refractivity (Wildman–Crippen MR) is 89.9 cm³/mol. The van der Waals surface area contributed by atoms with E-state index in [1.807, 2.05) is 0 Å². The first-order valence-corrected chi connectivity index (χ1v) is 7.79. The van der Waals surface area contributed by atoms with Gasteiger partial charge in [-0.1, -0.05) is 26.2 Å². The van der Waals surface area contributed by atoms with Crippen molar-refractivity contribution >= 4 is 22.6 Å². The van der Waals surface area contributed by atoms with Gasteiger partial charge < -0.3 is 20.2 Å². The van der Waals surface area contributed by atoms with E-state index in [0.29, 0.717) is 23.2 Å². The lowest BCUT2D eigenvalue weighted by Crippen LogP contribution is -2.16. The number of nitrogens with two attached hydrogens (primary N) is 1. The molecule has 0 saturated carbocycles. The number of aromatic amines is 1. The number of benzene rings is 1. The number of ether oxygens (including phenoxy) is 2. The van der Waals surface area contributed by atoms with Gasteiger partial charge in [-0.2, -0.15) is 0 Å². The normalized spacial score (nSPS) is 10.7. The minimum Gasteiger partial charge on any atom is -0.489 e. The number of H-pyrrole nitrogens is 1. The number of carbonyl (C=O) groups excluding carboxylic acids is 1. The fourth-order valence-electron chi connectivity index (χ4n) is 2.35. The van der Waals surface area contributed by atoms with Crippen molar-refractivity contribution in [3.63, 3.8) is 0 Å². The molecule has 1 aromatic heterocycles. The molecule has 0 aliphatic carbocycles. The summed E-state index contributed by atoms with van der Waals surface area (Å²) in [6.07, 6.45) is 4.18. The van der Waals surface area contributed by atoms with Gasteiger partial charge in [0.1, 0.15) is 0 Å². The van der Waals surface area contributed by atoms with Gasteiger partial charge in [0.15, 0.2) is 5.75 Å². The first kappa shape index (κ1) is 16.9. The first-order valence-electron chi connectivity index (χ1n) is 7.79. The van der Waals surface area contributed by atoms with Crippen LogP contribution in [0.5, 0.6) is 11.5 Å². The Morgan fingerprint density at radius 3 is 2.70 bits per heavy atom. The van der Waals surface area contributed by atoms with Crippen LogP contribution < -0.4 is 20.8 Å². The highest BCUT2D eigenvalue weighted by atomic mass is 16.6. The van der Waals surface area contributed by atoms with Crippen LogP contribution in [0.4, 0.5) is 5.69 Å². The number of nitrogen functional groups attached to an aromatic ring is 1. The molecular formula is C17H22N2O4. The number of pyridine rings is 1.